The van der Waals surface area contributed by atoms with Crippen LogP contribution in [0.4, 0.5) is 13.2 Å². The van der Waals surface area contributed by atoms with E-state index in [0.29, 0.717) is 16.4 Å². The number of benzene rings is 3. The van der Waals surface area contributed by atoms with Gasteiger partial charge in [0.05, 0.1) is 4.90 Å². The topological polar surface area (TPSA) is 80.5 Å². The highest BCUT2D eigenvalue weighted by atomic mass is 35.5. The van der Waals surface area contributed by atoms with Crippen LogP contribution in [0.3, 0.4) is 0 Å². The fourth-order valence-electron chi connectivity index (χ4n) is 3.04. The van der Waals surface area contributed by atoms with E-state index in [1.165, 1.54) is 36.4 Å². The summed E-state index contributed by atoms with van der Waals surface area (Å²) < 4.78 is 69.4. The van der Waals surface area contributed by atoms with Gasteiger partial charge in [-0.15, -0.1) is 0 Å². The number of hydrogen-bond acceptors (Lipinski definition) is 3. The number of halogens is 4. The van der Waals surface area contributed by atoms with Crippen molar-refractivity contribution >= 4 is 27.5 Å². The predicted octanol–water partition coefficient (Wildman–Crippen LogP) is 4.17. The number of primary amides is 1. The molecule has 1 amide bonds. The molecule has 162 valence electrons. The third-order valence-corrected chi connectivity index (χ3v) is 6.59. The molecule has 0 fully saturated rings. The Bertz CT molecular complexity index is 1180. The molecule has 3 rings (SSSR count). The van der Waals surface area contributed by atoms with E-state index < -0.39 is 51.5 Å². The average molecular weight is 469 g/mol. The molecule has 0 unspecified atom stereocenters. The summed E-state index contributed by atoms with van der Waals surface area (Å²) in [5.74, 6) is -4.83. The molecule has 0 aliphatic rings. The van der Waals surface area contributed by atoms with Gasteiger partial charge in [0.15, 0.2) is 0 Å². The molecule has 0 bridgehead atoms. The van der Waals surface area contributed by atoms with Gasteiger partial charge in [-0.1, -0.05) is 41.9 Å². The maximum Gasteiger partial charge on any atom is 0.244 e. The summed E-state index contributed by atoms with van der Waals surface area (Å²) in [7, 11) is -4.51. The van der Waals surface area contributed by atoms with E-state index in [4.69, 9.17) is 17.3 Å². The Labute approximate surface area is 181 Å². The molecule has 5 nitrogen and oxygen atoms in total. The van der Waals surface area contributed by atoms with Gasteiger partial charge in [-0.2, -0.15) is 4.31 Å². The highest BCUT2D eigenvalue weighted by Gasteiger charge is 2.37. The van der Waals surface area contributed by atoms with Crippen molar-refractivity contribution in [3.05, 3.63) is 100 Å². The lowest BCUT2D eigenvalue weighted by atomic mass is 10.1. The summed E-state index contributed by atoms with van der Waals surface area (Å²) >= 11 is 5.82. The van der Waals surface area contributed by atoms with Gasteiger partial charge < -0.3 is 5.73 Å². The van der Waals surface area contributed by atoms with Crippen LogP contribution in [0.25, 0.3) is 0 Å². The lowest BCUT2D eigenvalue weighted by molar-refractivity contribution is -0.122. The van der Waals surface area contributed by atoms with Gasteiger partial charge >= 0.3 is 0 Å². The molecule has 0 heterocycles. The van der Waals surface area contributed by atoms with Crippen LogP contribution in [0.5, 0.6) is 0 Å². The first-order chi connectivity index (χ1) is 14.6. The maximum atomic E-state index is 14.3. The molecule has 0 aliphatic carbocycles. The molecule has 0 spiro atoms. The molecule has 1 atom stereocenters. The first-order valence-corrected chi connectivity index (χ1v) is 10.7. The molecule has 3 aromatic carbocycles. The normalized spacial score (nSPS) is 12.7. The summed E-state index contributed by atoms with van der Waals surface area (Å²) in [5.41, 5.74) is 4.96. The number of rotatable bonds is 7. The van der Waals surface area contributed by atoms with Gasteiger partial charge in [-0.05, 0) is 29.8 Å². The minimum absolute atomic E-state index is 0.190. The Morgan fingerprint density at radius 1 is 0.968 bits per heavy atom. The standard InChI is InChI=1S/C21H16ClF3N2O3S/c22-14-6-8-16(9-7-14)31(29,30)27(12-17-18(24)10-15(23)11-19(17)25)20(21(26)28)13-4-2-1-3-5-13/h1-11,20H,12H2,(H2,26,28)/t20-/m1/s1. The Kier molecular flexibility index (Phi) is 6.68. The fraction of sp³-hybridized carbons (Fsp3) is 0.0952. The molecule has 0 saturated heterocycles. The summed E-state index contributed by atoms with van der Waals surface area (Å²) in [6.07, 6.45) is 0. The van der Waals surface area contributed by atoms with Gasteiger partial charge in [0.2, 0.25) is 15.9 Å². The Morgan fingerprint density at radius 2 is 1.52 bits per heavy atom. The monoisotopic (exact) mass is 468 g/mol. The number of amides is 1. The lowest BCUT2D eigenvalue weighted by Crippen LogP contribution is -2.41. The smallest absolute Gasteiger partial charge is 0.244 e. The van der Waals surface area contributed by atoms with Crippen LogP contribution in [0, 0.1) is 17.5 Å². The Morgan fingerprint density at radius 3 is 2.03 bits per heavy atom. The van der Waals surface area contributed by atoms with Crippen LogP contribution >= 0.6 is 11.6 Å². The quantitative estimate of drug-likeness (QED) is 0.565. The molecule has 2 N–H and O–H groups in total. The van der Waals surface area contributed by atoms with Gasteiger partial charge in [-0.3, -0.25) is 4.79 Å². The van der Waals surface area contributed by atoms with E-state index in [1.807, 2.05) is 0 Å². The molecular formula is C21H16ClF3N2O3S. The van der Waals surface area contributed by atoms with Crippen molar-refractivity contribution < 1.29 is 26.4 Å². The molecule has 0 aliphatic heterocycles. The third-order valence-electron chi connectivity index (χ3n) is 4.51. The van der Waals surface area contributed by atoms with Crippen molar-refractivity contribution in [2.45, 2.75) is 17.5 Å². The molecule has 0 aromatic heterocycles. The highest BCUT2D eigenvalue weighted by Crippen LogP contribution is 2.31. The van der Waals surface area contributed by atoms with Crippen LogP contribution in [-0.2, 0) is 21.4 Å². The van der Waals surface area contributed by atoms with Gasteiger partial charge in [0.25, 0.3) is 0 Å². The van der Waals surface area contributed by atoms with E-state index in [1.54, 1.807) is 18.2 Å². The van der Waals surface area contributed by atoms with Crippen molar-refractivity contribution in [2.75, 3.05) is 0 Å². The SMILES string of the molecule is NC(=O)[C@@H](c1ccccc1)N(Cc1c(F)cc(F)cc1F)S(=O)(=O)c1ccc(Cl)cc1. The number of carbonyl (C=O) groups excluding carboxylic acids is 1. The van der Waals surface area contributed by atoms with Crippen LogP contribution in [0.15, 0.2) is 71.6 Å². The molecule has 10 heteroatoms. The minimum atomic E-state index is -4.51. The zero-order chi connectivity index (χ0) is 22.8. The van der Waals surface area contributed by atoms with Crippen molar-refractivity contribution in [1.82, 2.24) is 4.31 Å². The Hall–Kier alpha value is -2.88. The summed E-state index contributed by atoms with van der Waals surface area (Å²) in [5, 5.41) is 0.260. The first kappa shape index (κ1) is 22.8. The number of hydrogen-bond donors (Lipinski definition) is 1. The largest absolute Gasteiger partial charge is 0.368 e. The van der Waals surface area contributed by atoms with E-state index >= 15 is 0 Å². The number of sulfonamides is 1. The molecule has 0 radical (unpaired) electrons. The van der Waals surface area contributed by atoms with Crippen molar-refractivity contribution in [3.8, 4) is 0 Å². The Balaban J connectivity index is 2.20. The fourth-order valence-corrected chi connectivity index (χ4v) is 4.72. The molecule has 31 heavy (non-hydrogen) atoms. The van der Waals surface area contributed by atoms with Crippen LogP contribution in [0.1, 0.15) is 17.2 Å². The van der Waals surface area contributed by atoms with Crippen molar-refractivity contribution in [2.24, 2.45) is 5.73 Å². The van der Waals surface area contributed by atoms with Gasteiger partial charge in [0.1, 0.15) is 23.5 Å². The van der Waals surface area contributed by atoms with Crippen molar-refractivity contribution in [1.29, 1.82) is 0 Å². The minimum Gasteiger partial charge on any atom is -0.368 e. The van der Waals surface area contributed by atoms with E-state index in [0.717, 1.165) is 0 Å². The average Bonchev–Trinajstić information content (AvgIpc) is 2.70. The highest BCUT2D eigenvalue weighted by molar-refractivity contribution is 7.89. The third kappa shape index (κ3) is 4.90. The molecule has 3 aromatic rings. The second-order valence-corrected chi connectivity index (χ2v) is 8.89. The number of nitrogens with two attached hydrogens (primary N) is 1. The van der Waals surface area contributed by atoms with E-state index in [9.17, 15) is 26.4 Å². The lowest BCUT2D eigenvalue weighted by Gasteiger charge is -2.29. The second kappa shape index (κ2) is 9.09. The van der Waals surface area contributed by atoms with Crippen LogP contribution < -0.4 is 5.73 Å². The van der Waals surface area contributed by atoms with Gasteiger partial charge in [-0.25, -0.2) is 21.6 Å². The predicted molar refractivity (Wildman–Crippen MR) is 109 cm³/mol. The summed E-state index contributed by atoms with van der Waals surface area (Å²) in [6.45, 7) is -0.911. The molecular weight excluding hydrogens is 453 g/mol. The second-order valence-electron chi connectivity index (χ2n) is 6.57. The number of carbonyl (C=O) groups is 1. The van der Waals surface area contributed by atoms with Crippen LogP contribution in [0.2, 0.25) is 5.02 Å². The maximum absolute atomic E-state index is 14.3. The van der Waals surface area contributed by atoms with Gasteiger partial charge in [0, 0.05) is 29.3 Å². The first-order valence-electron chi connectivity index (χ1n) is 8.86. The number of nitrogens with zero attached hydrogens (tertiary/aromatic N) is 1. The zero-order valence-electron chi connectivity index (χ0n) is 15.8. The van der Waals surface area contributed by atoms with Crippen molar-refractivity contribution in [3.63, 3.8) is 0 Å². The zero-order valence-corrected chi connectivity index (χ0v) is 17.4. The van der Waals surface area contributed by atoms with Crippen LogP contribution in [-0.4, -0.2) is 18.6 Å². The van der Waals surface area contributed by atoms with E-state index in [-0.39, 0.29) is 15.5 Å². The van der Waals surface area contributed by atoms with E-state index in [2.05, 4.69) is 0 Å². The molecule has 0 saturated carbocycles. The summed E-state index contributed by atoms with van der Waals surface area (Å²) in [4.78, 5) is 12.1. The summed E-state index contributed by atoms with van der Waals surface area (Å²) in [6, 6.07) is 11.9.